The summed E-state index contributed by atoms with van der Waals surface area (Å²) in [5, 5.41) is 3.04. The van der Waals surface area contributed by atoms with Crippen LogP contribution in [0.1, 0.15) is 16.1 Å². The molecular formula is C19H13ClFNO4. The second-order valence-corrected chi connectivity index (χ2v) is 5.79. The Morgan fingerprint density at radius 1 is 1.15 bits per heavy atom. The Hall–Kier alpha value is -3.12. The van der Waals surface area contributed by atoms with Gasteiger partial charge in [-0.1, -0.05) is 29.8 Å². The lowest BCUT2D eigenvalue weighted by atomic mass is 10.2. The molecule has 2 aromatic carbocycles. The van der Waals surface area contributed by atoms with Gasteiger partial charge in [-0.15, -0.1) is 0 Å². The summed E-state index contributed by atoms with van der Waals surface area (Å²) in [6.45, 7) is 0.0685. The van der Waals surface area contributed by atoms with Crippen LogP contribution in [0.15, 0.2) is 70.1 Å². The first-order chi connectivity index (χ1) is 12.5. The maximum absolute atomic E-state index is 12.9. The predicted molar refractivity (Wildman–Crippen MR) is 95.1 cm³/mol. The number of hydrogen-bond donors (Lipinski definition) is 1. The van der Waals surface area contributed by atoms with Crippen LogP contribution in [-0.4, -0.2) is 5.91 Å². The highest BCUT2D eigenvalue weighted by molar-refractivity contribution is 6.30. The molecule has 0 bridgehead atoms. The summed E-state index contributed by atoms with van der Waals surface area (Å²) in [6, 6.07) is 13.3. The number of nitrogens with one attached hydrogen (secondary N) is 1. The van der Waals surface area contributed by atoms with Crippen LogP contribution < -0.4 is 15.5 Å². The Bertz CT molecular complexity index is 985. The summed E-state index contributed by atoms with van der Waals surface area (Å²) in [5.41, 5.74) is 0.657. The maximum Gasteiger partial charge on any atom is 0.291 e. The summed E-state index contributed by atoms with van der Waals surface area (Å²) in [4.78, 5) is 24.2. The van der Waals surface area contributed by atoms with Crippen LogP contribution in [0.2, 0.25) is 5.02 Å². The standard InChI is InChI=1S/C19H13ClFNO4/c20-13-2-1-3-15(8-13)22-19(24)17-9-16(23)18(11-26-17)25-10-12-4-6-14(21)7-5-12/h1-9,11H,10H2,(H,22,24). The fraction of sp³-hybridized carbons (Fsp3) is 0.0526. The van der Waals surface area contributed by atoms with Gasteiger partial charge in [0, 0.05) is 16.8 Å². The highest BCUT2D eigenvalue weighted by Crippen LogP contribution is 2.16. The third kappa shape index (κ3) is 4.49. The largest absolute Gasteiger partial charge is 0.482 e. The molecule has 0 unspecified atom stereocenters. The van der Waals surface area contributed by atoms with Gasteiger partial charge in [0.2, 0.25) is 11.2 Å². The van der Waals surface area contributed by atoms with E-state index in [2.05, 4.69) is 5.32 Å². The van der Waals surface area contributed by atoms with E-state index >= 15 is 0 Å². The highest BCUT2D eigenvalue weighted by Gasteiger charge is 2.13. The van der Waals surface area contributed by atoms with Gasteiger partial charge in [-0.2, -0.15) is 0 Å². The molecule has 5 nitrogen and oxygen atoms in total. The first-order valence-corrected chi connectivity index (χ1v) is 7.96. The summed E-state index contributed by atoms with van der Waals surface area (Å²) in [5.74, 6) is -1.16. The molecule has 3 rings (SSSR count). The Kier molecular flexibility index (Phi) is 5.34. The van der Waals surface area contributed by atoms with Gasteiger partial charge in [-0.3, -0.25) is 9.59 Å². The average Bonchev–Trinajstić information content (AvgIpc) is 2.62. The highest BCUT2D eigenvalue weighted by atomic mass is 35.5. The van der Waals surface area contributed by atoms with E-state index in [1.165, 1.54) is 12.1 Å². The van der Waals surface area contributed by atoms with Crippen LogP contribution in [0.4, 0.5) is 10.1 Å². The third-order valence-electron chi connectivity index (χ3n) is 3.41. The van der Waals surface area contributed by atoms with Crippen molar-refractivity contribution < 1.29 is 18.3 Å². The fourth-order valence-corrected chi connectivity index (χ4v) is 2.31. The first-order valence-electron chi connectivity index (χ1n) is 7.58. The van der Waals surface area contributed by atoms with Crippen molar-refractivity contribution in [1.29, 1.82) is 0 Å². The maximum atomic E-state index is 12.9. The molecule has 0 aliphatic heterocycles. The molecular weight excluding hydrogens is 361 g/mol. The van der Waals surface area contributed by atoms with Crippen molar-refractivity contribution in [2.45, 2.75) is 6.61 Å². The Balaban J connectivity index is 1.67. The monoisotopic (exact) mass is 373 g/mol. The number of halogens is 2. The topological polar surface area (TPSA) is 68.5 Å². The predicted octanol–water partition coefficient (Wildman–Crippen LogP) is 4.26. The number of carbonyl (C=O) groups is 1. The van der Waals surface area contributed by atoms with E-state index in [4.69, 9.17) is 20.8 Å². The van der Waals surface area contributed by atoms with E-state index in [0.717, 1.165) is 12.3 Å². The fourth-order valence-electron chi connectivity index (χ4n) is 2.12. The van der Waals surface area contributed by atoms with Crippen LogP contribution in [0.5, 0.6) is 5.75 Å². The first kappa shape index (κ1) is 17.7. The Labute approximate surface area is 153 Å². The number of carbonyl (C=O) groups excluding carboxylic acids is 1. The van der Waals surface area contributed by atoms with E-state index in [1.807, 2.05) is 0 Å². The second kappa shape index (κ2) is 7.84. The van der Waals surface area contributed by atoms with Crippen LogP contribution in [0.3, 0.4) is 0 Å². The molecule has 1 amide bonds. The molecule has 132 valence electrons. The van der Waals surface area contributed by atoms with E-state index in [9.17, 15) is 14.0 Å². The van der Waals surface area contributed by atoms with Crippen LogP contribution >= 0.6 is 11.6 Å². The molecule has 1 heterocycles. The lowest BCUT2D eigenvalue weighted by Gasteiger charge is -2.07. The molecule has 7 heteroatoms. The molecule has 1 aromatic heterocycles. The zero-order chi connectivity index (χ0) is 18.5. The minimum absolute atomic E-state index is 0.0476. The van der Waals surface area contributed by atoms with Crippen molar-refractivity contribution in [2.24, 2.45) is 0 Å². The molecule has 0 aliphatic rings. The van der Waals surface area contributed by atoms with E-state index in [0.29, 0.717) is 16.3 Å². The molecule has 0 spiro atoms. The van der Waals surface area contributed by atoms with Crippen molar-refractivity contribution >= 4 is 23.2 Å². The molecule has 0 aliphatic carbocycles. The summed E-state index contributed by atoms with van der Waals surface area (Å²) < 4.78 is 23.4. The molecule has 26 heavy (non-hydrogen) atoms. The van der Waals surface area contributed by atoms with Crippen molar-refractivity contribution in [1.82, 2.24) is 0 Å². The molecule has 3 aromatic rings. The quantitative estimate of drug-likeness (QED) is 0.725. The molecule has 0 fully saturated rings. The lowest BCUT2D eigenvalue weighted by molar-refractivity contribution is 0.0993. The van der Waals surface area contributed by atoms with Gasteiger partial charge in [0.25, 0.3) is 5.91 Å². The lowest BCUT2D eigenvalue weighted by Crippen LogP contribution is -2.15. The second-order valence-electron chi connectivity index (χ2n) is 5.35. The van der Waals surface area contributed by atoms with E-state index < -0.39 is 11.3 Å². The Morgan fingerprint density at radius 2 is 1.92 bits per heavy atom. The van der Waals surface area contributed by atoms with Gasteiger partial charge < -0.3 is 14.5 Å². The van der Waals surface area contributed by atoms with Gasteiger partial charge in [0.15, 0.2) is 5.76 Å². The van der Waals surface area contributed by atoms with Crippen LogP contribution in [0, 0.1) is 5.82 Å². The van der Waals surface area contributed by atoms with Gasteiger partial charge in [-0.25, -0.2) is 4.39 Å². The third-order valence-corrected chi connectivity index (χ3v) is 3.65. The van der Waals surface area contributed by atoms with E-state index in [1.54, 1.807) is 36.4 Å². The van der Waals surface area contributed by atoms with Gasteiger partial charge in [0.05, 0.1) is 0 Å². The number of ether oxygens (including phenoxy) is 1. The molecule has 0 saturated carbocycles. The summed E-state index contributed by atoms with van der Waals surface area (Å²) >= 11 is 5.85. The minimum Gasteiger partial charge on any atom is -0.482 e. The number of rotatable bonds is 5. The van der Waals surface area contributed by atoms with Crippen LogP contribution in [0.25, 0.3) is 0 Å². The van der Waals surface area contributed by atoms with Gasteiger partial charge >= 0.3 is 0 Å². The van der Waals surface area contributed by atoms with Gasteiger partial charge in [0.1, 0.15) is 18.7 Å². The number of hydrogen-bond acceptors (Lipinski definition) is 4. The van der Waals surface area contributed by atoms with Crippen molar-refractivity contribution in [3.63, 3.8) is 0 Å². The molecule has 0 saturated heterocycles. The summed E-state index contributed by atoms with van der Waals surface area (Å²) in [6.07, 6.45) is 1.07. The van der Waals surface area contributed by atoms with Crippen molar-refractivity contribution in [2.75, 3.05) is 5.32 Å². The van der Waals surface area contributed by atoms with Crippen LogP contribution in [-0.2, 0) is 6.61 Å². The average molecular weight is 374 g/mol. The van der Waals surface area contributed by atoms with Crippen molar-refractivity contribution in [3.8, 4) is 5.75 Å². The molecule has 0 radical (unpaired) electrons. The normalized spacial score (nSPS) is 10.4. The molecule has 0 atom stereocenters. The number of anilines is 1. The summed E-state index contributed by atoms with van der Waals surface area (Å²) in [7, 11) is 0. The minimum atomic E-state index is -0.588. The van der Waals surface area contributed by atoms with Gasteiger partial charge in [-0.05, 0) is 35.9 Å². The zero-order valence-electron chi connectivity index (χ0n) is 13.4. The Morgan fingerprint density at radius 3 is 2.62 bits per heavy atom. The molecule has 1 N–H and O–H groups in total. The smallest absolute Gasteiger partial charge is 0.291 e. The number of benzene rings is 2. The zero-order valence-corrected chi connectivity index (χ0v) is 14.1. The van der Waals surface area contributed by atoms with Crippen molar-refractivity contribution in [3.05, 3.63) is 93.2 Å². The SMILES string of the molecule is O=C(Nc1cccc(Cl)c1)c1cc(=O)c(OCc2ccc(F)cc2)co1. The number of amides is 1. The van der Waals surface area contributed by atoms with E-state index in [-0.39, 0.29) is 23.9 Å².